The van der Waals surface area contributed by atoms with Crippen molar-refractivity contribution in [3.8, 4) is 11.5 Å². The summed E-state index contributed by atoms with van der Waals surface area (Å²) in [6.45, 7) is 2.48. The molecule has 0 radical (unpaired) electrons. The Morgan fingerprint density at radius 1 is 1.17 bits per heavy atom. The summed E-state index contributed by atoms with van der Waals surface area (Å²) in [4.78, 5) is 39.8. The number of aromatic nitrogens is 2. The Morgan fingerprint density at radius 3 is 2.44 bits per heavy atom. The molecule has 0 amide bonds. The summed E-state index contributed by atoms with van der Waals surface area (Å²) >= 11 is 0. The molecule has 2 heterocycles. The minimum absolute atomic E-state index is 0.0889. The number of methoxy groups -OCH3 is 1. The second-order valence-electron chi connectivity index (χ2n) is 8.39. The molecule has 0 bridgehead atoms. The first-order valence-corrected chi connectivity index (χ1v) is 11.4. The largest absolute Gasteiger partial charge is 0.493 e. The van der Waals surface area contributed by atoms with Gasteiger partial charge in [-0.25, -0.2) is 19.4 Å². The molecule has 0 unspecified atom stereocenters. The fourth-order valence-corrected chi connectivity index (χ4v) is 4.38. The maximum absolute atomic E-state index is 11.7. The fourth-order valence-electron chi connectivity index (χ4n) is 4.38. The standard InChI is InChI=1S/C21H25N3O4.C4H4O4/c1-4-28-19-8-14-15-7-13(25)5-6-17(15)23-20(16(14)9-18(19)27-3)12-10-22-21(26)24(2)11-12;5-3(6)1-2-4(7)8/h8-11,13,15,17,25H,4-7H2,1-3H3;1-2H,(H,5,6)(H,7,8)/b;2-1-/t13-,15-,17-;/m1./s1. The van der Waals surface area contributed by atoms with Gasteiger partial charge in [0.15, 0.2) is 11.5 Å². The lowest BCUT2D eigenvalue weighted by Gasteiger charge is -2.37. The summed E-state index contributed by atoms with van der Waals surface area (Å²) in [5.41, 5.74) is 3.34. The highest BCUT2D eigenvalue weighted by atomic mass is 16.5. The van der Waals surface area contributed by atoms with Crippen molar-refractivity contribution < 1.29 is 34.4 Å². The van der Waals surface area contributed by atoms with E-state index in [1.165, 1.54) is 4.57 Å². The quantitative estimate of drug-likeness (QED) is 0.503. The molecule has 1 aliphatic heterocycles. The highest BCUT2D eigenvalue weighted by Crippen LogP contribution is 2.44. The number of ether oxygens (including phenoxy) is 2. The molecule has 1 saturated carbocycles. The lowest BCUT2D eigenvalue weighted by atomic mass is 9.74. The zero-order chi connectivity index (χ0) is 26.4. The summed E-state index contributed by atoms with van der Waals surface area (Å²) < 4.78 is 12.8. The fraction of sp³-hybridized carbons (Fsp3) is 0.400. The van der Waals surface area contributed by atoms with Gasteiger partial charge in [0.25, 0.3) is 0 Å². The van der Waals surface area contributed by atoms with E-state index in [0.717, 1.165) is 35.2 Å². The van der Waals surface area contributed by atoms with Crippen LogP contribution in [-0.4, -0.2) is 68.4 Å². The van der Waals surface area contributed by atoms with Crippen LogP contribution in [-0.2, 0) is 16.6 Å². The normalized spacial score (nSPS) is 20.3. The summed E-state index contributed by atoms with van der Waals surface area (Å²) in [5, 5.41) is 25.9. The third-order valence-corrected chi connectivity index (χ3v) is 5.96. The van der Waals surface area contributed by atoms with E-state index in [1.54, 1.807) is 26.6 Å². The molecule has 1 aliphatic carbocycles. The number of aliphatic imine (C=N–C) groups is 1. The van der Waals surface area contributed by atoms with Gasteiger partial charge in [-0.15, -0.1) is 0 Å². The zero-order valence-electron chi connectivity index (χ0n) is 20.2. The SMILES string of the molecule is CCOc1cc2c(cc1OC)C(c1cnc(=O)n(C)c1)=N[C@@H]1CC[C@@H](O)C[C@H]21.O=C(O)/C=C\C(=O)O. The third kappa shape index (κ3) is 6.16. The first-order valence-electron chi connectivity index (χ1n) is 11.4. The van der Waals surface area contributed by atoms with Crippen molar-refractivity contribution in [2.75, 3.05) is 13.7 Å². The molecular formula is C25H29N3O8. The van der Waals surface area contributed by atoms with E-state index < -0.39 is 11.9 Å². The second-order valence-corrected chi connectivity index (χ2v) is 8.39. The van der Waals surface area contributed by atoms with Crippen molar-refractivity contribution in [1.82, 2.24) is 9.55 Å². The van der Waals surface area contributed by atoms with E-state index in [9.17, 15) is 19.5 Å². The number of aliphatic carboxylic acids is 2. The average molecular weight is 500 g/mol. The van der Waals surface area contributed by atoms with Crippen LogP contribution in [0.1, 0.15) is 48.8 Å². The van der Waals surface area contributed by atoms with Crippen molar-refractivity contribution >= 4 is 17.7 Å². The molecule has 1 aromatic heterocycles. The van der Waals surface area contributed by atoms with Crippen LogP contribution in [0.25, 0.3) is 0 Å². The summed E-state index contributed by atoms with van der Waals surface area (Å²) in [5.74, 6) is -1.05. The van der Waals surface area contributed by atoms with Gasteiger partial charge < -0.3 is 29.4 Å². The molecule has 11 heteroatoms. The number of hydrogen-bond donors (Lipinski definition) is 3. The predicted molar refractivity (Wildman–Crippen MR) is 130 cm³/mol. The van der Waals surface area contributed by atoms with Gasteiger partial charge in [-0.05, 0) is 43.9 Å². The molecular weight excluding hydrogens is 470 g/mol. The third-order valence-electron chi connectivity index (χ3n) is 5.96. The first-order chi connectivity index (χ1) is 17.1. The number of fused-ring (bicyclic) bond motifs is 3. The second kappa shape index (κ2) is 11.6. The number of nitrogens with zero attached hydrogens (tertiary/aromatic N) is 3. The number of aliphatic hydroxyl groups is 1. The summed E-state index contributed by atoms with van der Waals surface area (Å²) in [6, 6.07) is 4.06. The highest BCUT2D eigenvalue weighted by molar-refractivity contribution is 6.14. The minimum atomic E-state index is -1.26. The molecule has 0 spiro atoms. The van der Waals surface area contributed by atoms with Gasteiger partial charge in [0.1, 0.15) is 0 Å². The number of benzene rings is 1. The Hall–Kier alpha value is -3.99. The monoisotopic (exact) mass is 499 g/mol. The number of aliphatic hydroxyl groups excluding tert-OH is 1. The number of aryl methyl sites for hydroxylation is 1. The Balaban J connectivity index is 0.000000392. The van der Waals surface area contributed by atoms with Crippen LogP contribution in [0.4, 0.5) is 0 Å². The minimum Gasteiger partial charge on any atom is -0.493 e. The van der Waals surface area contributed by atoms with Gasteiger partial charge >= 0.3 is 17.6 Å². The zero-order valence-corrected chi connectivity index (χ0v) is 20.2. The van der Waals surface area contributed by atoms with Crippen molar-refractivity contribution in [3.63, 3.8) is 0 Å². The molecule has 4 rings (SSSR count). The molecule has 2 aromatic rings. The van der Waals surface area contributed by atoms with Crippen molar-refractivity contribution in [3.05, 3.63) is 63.9 Å². The van der Waals surface area contributed by atoms with Gasteiger partial charge in [0.05, 0.1) is 31.6 Å². The van der Waals surface area contributed by atoms with E-state index in [4.69, 9.17) is 24.7 Å². The lowest BCUT2D eigenvalue weighted by Crippen LogP contribution is -2.34. The molecule has 1 fully saturated rings. The maximum Gasteiger partial charge on any atom is 0.347 e. The molecule has 1 aromatic carbocycles. The van der Waals surface area contributed by atoms with E-state index >= 15 is 0 Å². The number of hydrogen-bond acceptors (Lipinski definition) is 8. The number of carboxylic acid groups (broad SMARTS) is 2. The van der Waals surface area contributed by atoms with Gasteiger partial charge in [-0.3, -0.25) is 4.99 Å². The van der Waals surface area contributed by atoms with E-state index in [2.05, 4.69) is 4.98 Å². The van der Waals surface area contributed by atoms with Crippen molar-refractivity contribution in [2.24, 2.45) is 12.0 Å². The molecule has 3 atom stereocenters. The van der Waals surface area contributed by atoms with Gasteiger partial charge in [0, 0.05) is 48.6 Å². The molecule has 192 valence electrons. The summed E-state index contributed by atoms with van der Waals surface area (Å²) in [6.07, 6.45) is 6.38. The van der Waals surface area contributed by atoms with Crippen LogP contribution in [0.5, 0.6) is 11.5 Å². The number of rotatable bonds is 6. The van der Waals surface area contributed by atoms with Crippen LogP contribution in [0, 0.1) is 0 Å². The number of carboxylic acids is 2. The average Bonchev–Trinajstić information content (AvgIpc) is 2.84. The Bertz CT molecular complexity index is 1230. The molecule has 3 N–H and O–H groups in total. The van der Waals surface area contributed by atoms with Crippen LogP contribution in [0.3, 0.4) is 0 Å². The van der Waals surface area contributed by atoms with Crippen LogP contribution in [0.2, 0.25) is 0 Å². The summed E-state index contributed by atoms with van der Waals surface area (Å²) in [7, 11) is 3.30. The molecule has 2 aliphatic rings. The van der Waals surface area contributed by atoms with Crippen LogP contribution < -0.4 is 15.2 Å². The Kier molecular flexibility index (Phi) is 8.59. The Morgan fingerprint density at radius 2 is 1.86 bits per heavy atom. The van der Waals surface area contributed by atoms with Gasteiger partial charge in [0.2, 0.25) is 0 Å². The van der Waals surface area contributed by atoms with Gasteiger partial charge in [-0.1, -0.05) is 0 Å². The Labute approximate surface area is 207 Å². The molecule has 11 nitrogen and oxygen atoms in total. The topological polar surface area (TPSA) is 161 Å². The lowest BCUT2D eigenvalue weighted by molar-refractivity contribution is -0.134. The van der Waals surface area contributed by atoms with Crippen molar-refractivity contribution in [2.45, 2.75) is 44.2 Å². The van der Waals surface area contributed by atoms with E-state index in [-0.39, 0.29) is 23.8 Å². The van der Waals surface area contributed by atoms with Gasteiger partial charge in [-0.2, -0.15) is 0 Å². The van der Waals surface area contributed by atoms with Crippen LogP contribution in [0.15, 0.2) is 46.5 Å². The van der Waals surface area contributed by atoms with E-state index in [0.29, 0.717) is 36.7 Å². The van der Waals surface area contributed by atoms with Crippen LogP contribution >= 0.6 is 0 Å². The molecule has 36 heavy (non-hydrogen) atoms. The highest BCUT2D eigenvalue weighted by Gasteiger charge is 2.37. The maximum atomic E-state index is 11.7. The number of carbonyl (C=O) groups is 2. The predicted octanol–water partition coefficient (Wildman–Crippen LogP) is 1.75. The van der Waals surface area contributed by atoms with E-state index in [1.807, 2.05) is 19.1 Å². The first kappa shape index (κ1) is 26.6. The molecule has 0 saturated heterocycles. The smallest absolute Gasteiger partial charge is 0.347 e. The van der Waals surface area contributed by atoms with Crippen molar-refractivity contribution in [1.29, 1.82) is 0 Å².